The molecule has 0 N–H and O–H groups in total. The van der Waals surface area contributed by atoms with Crippen LogP contribution in [0.1, 0.15) is 41.5 Å². The van der Waals surface area contributed by atoms with E-state index >= 15 is 0 Å². The fourth-order valence-electron chi connectivity index (χ4n) is 4.83. The third kappa shape index (κ3) is 26.0. The van der Waals surface area contributed by atoms with Gasteiger partial charge in [0.15, 0.2) is 0 Å². The van der Waals surface area contributed by atoms with Crippen molar-refractivity contribution in [2.24, 2.45) is 0 Å². The number of halogens is 6. The van der Waals surface area contributed by atoms with Crippen LogP contribution >= 0.6 is 15.7 Å². The van der Waals surface area contributed by atoms with Crippen molar-refractivity contribution in [1.82, 2.24) is 0 Å². The van der Waals surface area contributed by atoms with Crippen molar-refractivity contribution in [3.63, 3.8) is 0 Å². The van der Waals surface area contributed by atoms with Crippen molar-refractivity contribution in [2.75, 3.05) is 12.3 Å². The van der Waals surface area contributed by atoms with E-state index in [1.165, 1.54) is 22.7 Å². The zero-order valence-electron chi connectivity index (χ0n) is 33.1. The van der Waals surface area contributed by atoms with Gasteiger partial charge in [-0.2, -0.15) is 0 Å². The molecular weight excluding hydrogens is 941 g/mol. The zero-order valence-corrected chi connectivity index (χ0v) is 39.8. The first-order valence-electron chi connectivity index (χ1n) is 17.9. The van der Waals surface area contributed by atoms with Gasteiger partial charge in [-0.15, -0.1) is 0 Å². The van der Waals surface area contributed by atoms with Gasteiger partial charge in [0.25, 0.3) is 0 Å². The second-order valence-electron chi connectivity index (χ2n) is 14.6. The van der Waals surface area contributed by atoms with Gasteiger partial charge in [-0.25, -0.2) is 13.1 Å². The molecule has 0 aliphatic carbocycles. The fraction of sp³-hybridized carbons (Fsp3) is 0.273. The summed E-state index contributed by atoms with van der Waals surface area (Å²) < 4.78 is 65.5. The van der Waals surface area contributed by atoms with E-state index in [-0.39, 0.29) is 27.9 Å². The maximum atomic E-state index is 9.87. The van der Waals surface area contributed by atoms with E-state index in [0.717, 1.165) is 0 Å². The van der Waals surface area contributed by atoms with Crippen molar-refractivity contribution in [2.45, 2.75) is 63.0 Å². The summed E-state index contributed by atoms with van der Waals surface area (Å²) in [5.41, 5.74) is -0.333. The Bertz CT molecular complexity index is 1740. The Morgan fingerprint density at radius 1 is 0.456 bits per heavy atom. The average molecular weight is 994 g/mol. The molecule has 0 bridgehead atoms. The van der Waals surface area contributed by atoms with Gasteiger partial charge in [-0.3, -0.25) is 0 Å². The van der Waals surface area contributed by atoms with Gasteiger partial charge >= 0.3 is 267 Å². The van der Waals surface area contributed by atoms with E-state index in [1.54, 1.807) is 22.7 Å². The molecule has 13 heteroatoms. The predicted octanol–water partition coefficient (Wildman–Crippen LogP) is 11.9. The van der Waals surface area contributed by atoms with Crippen molar-refractivity contribution >= 4 is 67.7 Å². The van der Waals surface area contributed by atoms with E-state index in [0.29, 0.717) is 0 Å². The van der Waals surface area contributed by atoms with E-state index < -0.39 is 45.0 Å². The predicted molar refractivity (Wildman–Crippen MR) is 236 cm³/mol. The molecule has 0 fully saturated rings. The van der Waals surface area contributed by atoms with E-state index in [4.69, 9.17) is 13.1 Å². The van der Waals surface area contributed by atoms with Gasteiger partial charge in [-0.1, -0.05) is 0 Å². The first-order valence-corrected chi connectivity index (χ1v) is 28.3. The Kier molecular flexibility index (Phi) is 21.1. The normalized spacial score (nSPS) is 12.4. The van der Waals surface area contributed by atoms with Gasteiger partial charge in [0.05, 0.1) is 0 Å². The summed E-state index contributed by atoms with van der Waals surface area (Å²) in [5.74, 6) is 0. The third-order valence-electron chi connectivity index (χ3n) is 7.40. The monoisotopic (exact) mass is 993 g/mol. The molecule has 0 heterocycles. The van der Waals surface area contributed by atoms with Crippen molar-refractivity contribution < 1.29 is 42.0 Å². The van der Waals surface area contributed by atoms with Crippen LogP contribution in [-0.2, 0) is 16.8 Å². The first kappa shape index (κ1) is 52.2. The molecular formula is C44H52As2CoF6N2P2. The molecule has 5 aromatic rings. The molecule has 57 heavy (non-hydrogen) atoms. The summed E-state index contributed by atoms with van der Waals surface area (Å²) in [7, 11) is -11.3. The zero-order chi connectivity index (χ0) is 41.9. The number of hydrogen-bond donors (Lipinski definition) is 0. The van der Waals surface area contributed by atoms with Crippen LogP contribution in [0, 0.1) is 13.1 Å². The van der Waals surface area contributed by atoms with Crippen LogP contribution in [0.4, 0.5) is 25.2 Å². The van der Waals surface area contributed by atoms with Gasteiger partial charge in [0.1, 0.15) is 0 Å². The molecule has 5 aromatic carbocycles. The van der Waals surface area contributed by atoms with Crippen LogP contribution in [0.5, 0.6) is 0 Å². The van der Waals surface area contributed by atoms with Crippen LogP contribution in [-0.4, -0.2) is 52.7 Å². The third-order valence-corrected chi connectivity index (χ3v) is 22.6. The van der Waals surface area contributed by atoms with E-state index in [9.17, 15) is 25.2 Å². The minimum atomic E-state index is -10.7. The first-order chi connectivity index (χ1) is 26.0. The molecule has 0 aromatic heterocycles. The second-order valence-corrected chi connectivity index (χ2v) is 29.1. The van der Waals surface area contributed by atoms with Crippen molar-refractivity contribution in [1.29, 1.82) is 0 Å². The molecule has 0 saturated carbocycles. The summed E-state index contributed by atoms with van der Waals surface area (Å²) in [6, 6.07) is 56.8. The molecule has 309 valence electrons. The Labute approximate surface area is 357 Å². The van der Waals surface area contributed by atoms with Crippen LogP contribution in [0.2, 0.25) is 10.4 Å². The number of hydrogen-bond acceptors (Lipinski definition) is 0. The van der Waals surface area contributed by atoms with Crippen molar-refractivity contribution in [3.8, 4) is 0 Å². The molecule has 0 amide bonds. The van der Waals surface area contributed by atoms with E-state index in [1.807, 2.05) is 41.5 Å². The van der Waals surface area contributed by atoms with E-state index in [2.05, 4.69) is 161 Å². The summed E-state index contributed by atoms with van der Waals surface area (Å²) >= 11 is -2.69. The average Bonchev–Trinajstić information content (AvgIpc) is 3.15. The Morgan fingerprint density at radius 2 is 0.649 bits per heavy atom. The molecule has 1 radical (unpaired) electrons. The Balaban J connectivity index is 0.000000674. The number of benzene rings is 5. The topological polar surface area (TPSA) is 8.72 Å². The van der Waals surface area contributed by atoms with Crippen LogP contribution in [0.3, 0.4) is 0 Å². The second kappa shape index (κ2) is 23.1. The minimum absolute atomic E-state index is 0. The summed E-state index contributed by atoms with van der Waals surface area (Å²) in [6.45, 7) is 24.3. The van der Waals surface area contributed by atoms with Gasteiger partial charge in [0, 0.05) is 58.3 Å². The number of nitrogens with zero attached hydrogens (tertiary/aromatic N) is 2. The van der Waals surface area contributed by atoms with Crippen LogP contribution in [0.15, 0.2) is 152 Å². The Hall–Kier alpha value is -2.86. The molecule has 0 unspecified atom stereocenters. The van der Waals surface area contributed by atoms with Crippen molar-refractivity contribution in [3.05, 3.63) is 174 Å². The summed E-state index contributed by atoms with van der Waals surface area (Å²) in [4.78, 5) is 6.54. The van der Waals surface area contributed by atoms with Gasteiger partial charge in [-0.05, 0) is 0 Å². The molecule has 0 atom stereocenters. The molecule has 0 aliphatic rings. The number of rotatable bonds is 11. The van der Waals surface area contributed by atoms with Crippen LogP contribution in [0.25, 0.3) is 9.69 Å². The fourth-order valence-corrected chi connectivity index (χ4v) is 21.4. The summed E-state index contributed by atoms with van der Waals surface area (Å²) in [6.07, 6.45) is 2.70. The quantitative estimate of drug-likeness (QED) is 0.0540. The molecule has 0 spiro atoms. The van der Waals surface area contributed by atoms with Gasteiger partial charge < -0.3 is 9.69 Å². The standard InChI is InChI=1S/C34H33As2P.2C5H9N.Co.F6P/c1-6-16-30(17-7-1)35(31-18-8-2-9-19-31)26-28-37(34-24-14-5-15-25-34)29-27-36(32-20-10-3-11-21-32)33-22-12-4-13-23-33;2*1-5(2,3)6-4;;1-7(2,3,4,5)6/h1-25H,26-29H2;2*1-3H3;;/q;;;;-1/p+1. The molecule has 2 nitrogen and oxygen atoms in total. The maximum absolute atomic E-state index is 10.7. The summed E-state index contributed by atoms with van der Waals surface area (Å²) in [5, 5.41) is 4.29. The van der Waals surface area contributed by atoms with Gasteiger partial charge in [0.2, 0.25) is 11.1 Å². The molecule has 0 saturated heterocycles. The van der Waals surface area contributed by atoms with Crippen LogP contribution < -0.4 is 22.7 Å². The molecule has 0 aliphatic heterocycles. The SMILES string of the molecule is F[P-](F)(F)(F)(F)F.[C-]#[N+]C(C)(C)C.[C-]#[N+]C(C)(C)C.[Co].c1ccc([PH+](CC[As](c2ccccc2)c2ccccc2)CC[As](c2ccccc2)c2ccccc2)cc1. The Morgan fingerprint density at radius 3 is 0.842 bits per heavy atom. The molecule has 5 rings (SSSR count).